The van der Waals surface area contributed by atoms with Crippen molar-refractivity contribution in [2.24, 2.45) is 0 Å². The van der Waals surface area contributed by atoms with E-state index in [2.05, 4.69) is 20.8 Å². The Kier molecular flexibility index (Phi) is 6.29. The van der Waals surface area contributed by atoms with E-state index < -0.39 is 0 Å². The van der Waals surface area contributed by atoms with Crippen molar-refractivity contribution in [3.8, 4) is 0 Å². The Bertz CT molecular complexity index is 588. The summed E-state index contributed by atoms with van der Waals surface area (Å²) in [5, 5.41) is 14.4. The molecule has 6 nitrogen and oxygen atoms in total. The molecule has 0 fully saturated rings. The number of amides is 2. The van der Waals surface area contributed by atoms with Crippen LogP contribution in [0.1, 0.15) is 30.0 Å². The number of aromatic nitrogens is 2. The first kappa shape index (κ1) is 16.4. The maximum Gasteiger partial charge on any atom is 0.321 e. The molecule has 1 aromatic carbocycles. The predicted molar refractivity (Wildman–Crippen MR) is 87.1 cm³/mol. The van der Waals surface area contributed by atoms with Crippen LogP contribution in [0, 0.1) is 6.92 Å². The molecule has 0 saturated carbocycles. The van der Waals surface area contributed by atoms with Crippen LogP contribution in [0.2, 0.25) is 0 Å². The van der Waals surface area contributed by atoms with Gasteiger partial charge in [0.05, 0.1) is 6.10 Å². The van der Waals surface area contributed by atoms with Gasteiger partial charge in [0, 0.05) is 13.2 Å². The molecule has 2 N–H and O–H groups in total. The first-order valence-electron chi connectivity index (χ1n) is 7.16. The van der Waals surface area contributed by atoms with E-state index in [1.807, 2.05) is 44.2 Å². The highest BCUT2D eigenvalue weighted by molar-refractivity contribution is 7.15. The number of nitrogens with one attached hydrogen (secondary N) is 2. The van der Waals surface area contributed by atoms with Gasteiger partial charge in [0.25, 0.3) is 0 Å². The van der Waals surface area contributed by atoms with Crippen LogP contribution in [0.5, 0.6) is 0 Å². The van der Waals surface area contributed by atoms with Crippen LogP contribution in [0.25, 0.3) is 0 Å². The molecule has 2 aromatic rings. The largest absolute Gasteiger partial charge is 0.374 e. The summed E-state index contributed by atoms with van der Waals surface area (Å²) in [7, 11) is 0. The summed E-state index contributed by atoms with van der Waals surface area (Å²) in [5.41, 5.74) is 1.15. The first-order chi connectivity index (χ1) is 10.6. The molecule has 0 bridgehead atoms. The van der Waals surface area contributed by atoms with Crippen molar-refractivity contribution in [3.05, 3.63) is 40.9 Å². The van der Waals surface area contributed by atoms with Gasteiger partial charge in [0.2, 0.25) is 5.13 Å². The van der Waals surface area contributed by atoms with Gasteiger partial charge in [0.1, 0.15) is 5.01 Å². The van der Waals surface area contributed by atoms with Crippen molar-refractivity contribution in [2.75, 3.05) is 18.5 Å². The van der Waals surface area contributed by atoms with Crippen LogP contribution in [0.15, 0.2) is 30.3 Å². The van der Waals surface area contributed by atoms with Crippen molar-refractivity contribution in [2.45, 2.75) is 26.4 Å². The average molecular weight is 320 g/mol. The zero-order valence-electron chi connectivity index (χ0n) is 12.7. The molecule has 2 amide bonds. The number of anilines is 1. The van der Waals surface area contributed by atoms with Gasteiger partial charge in [0.15, 0.2) is 0 Å². The number of carbonyl (C=O) groups excluding carboxylic acids is 1. The second-order valence-electron chi connectivity index (χ2n) is 4.78. The standard InChI is InChI=1S/C15H20N4O2S/c1-11(13-7-4-3-5-8-13)21-10-6-9-16-14(20)17-15-19-18-12(2)22-15/h3-5,7-8,11H,6,9-10H2,1-2H3,(H2,16,17,19,20). The van der Waals surface area contributed by atoms with Crippen LogP contribution >= 0.6 is 11.3 Å². The van der Waals surface area contributed by atoms with Crippen LogP contribution in [0.4, 0.5) is 9.93 Å². The summed E-state index contributed by atoms with van der Waals surface area (Å²) >= 11 is 1.34. The van der Waals surface area contributed by atoms with Gasteiger partial charge in [-0.3, -0.25) is 5.32 Å². The number of rotatable bonds is 7. The van der Waals surface area contributed by atoms with Gasteiger partial charge in [-0.2, -0.15) is 0 Å². The van der Waals surface area contributed by atoms with Gasteiger partial charge < -0.3 is 10.1 Å². The minimum Gasteiger partial charge on any atom is -0.374 e. The second-order valence-corrected chi connectivity index (χ2v) is 5.97. The van der Waals surface area contributed by atoms with Gasteiger partial charge in [-0.05, 0) is 25.8 Å². The maximum atomic E-state index is 11.6. The maximum absolute atomic E-state index is 11.6. The van der Waals surface area contributed by atoms with Crippen LogP contribution in [-0.2, 0) is 4.74 Å². The molecule has 0 aliphatic rings. The van der Waals surface area contributed by atoms with Crippen molar-refractivity contribution in [1.29, 1.82) is 0 Å². The van der Waals surface area contributed by atoms with E-state index in [-0.39, 0.29) is 12.1 Å². The third-order valence-electron chi connectivity index (χ3n) is 2.99. The van der Waals surface area contributed by atoms with Gasteiger partial charge in [-0.25, -0.2) is 4.79 Å². The molecular formula is C15H20N4O2S. The van der Waals surface area contributed by atoms with Crippen molar-refractivity contribution in [1.82, 2.24) is 15.5 Å². The molecule has 1 heterocycles. The third kappa shape index (κ3) is 5.42. The van der Waals surface area contributed by atoms with E-state index in [1.54, 1.807) is 0 Å². The zero-order chi connectivity index (χ0) is 15.8. The van der Waals surface area contributed by atoms with Gasteiger partial charge in [-0.15, -0.1) is 10.2 Å². The summed E-state index contributed by atoms with van der Waals surface area (Å²) in [6, 6.07) is 9.79. The topological polar surface area (TPSA) is 76.1 Å². The Morgan fingerprint density at radius 3 is 2.77 bits per heavy atom. The Morgan fingerprint density at radius 2 is 2.09 bits per heavy atom. The number of hydrogen-bond acceptors (Lipinski definition) is 5. The Labute approximate surface area is 133 Å². The number of ether oxygens (including phenoxy) is 1. The second kappa shape index (κ2) is 8.45. The van der Waals surface area contributed by atoms with Gasteiger partial charge >= 0.3 is 6.03 Å². The van der Waals surface area contributed by atoms with E-state index in [1.165, 1.54) is 11.3 Å². The smallest absolute Gasteiger partial charge is 0.321 e. The predicted octanol–water partition coefficient (Wildman–Crippen LogP) is 3.14. The van der Waals surface area contributed by atoms with E-state index in [0.29, 0.717) is 18.3 Å². The molecular weight excluding hydrogens is 300 g/mol. The minimum atomic E-state index is -0.271. The molecule has 2 rings (SSSR count). The molecule has 118 valence electrons. The van der Waals surface area contributed by atoms with Gasteiger partial charge in [-0.1, -0.05) is 41.7 Å². The number of carbonyl (C=O) groups is 1. The molecule has 0 radical (unpaired) electrons. The number of aryl methyl sites for hydroxylation is 1. The fourth-order valence-corrected chi connectivity index (χ4v) is 2.43. The lowest BCUT2D eigenvalue weighted by molar-refractivity contribution is 0.0644. The highest BCUT2D eigenvalue weighted by atomic mass is 32.1. The molecule has 0 aliphatic heterocycles. The quantitative estimate of drug-likeness (QED) is 0.768. The molecule has 0 saturated heterocycles. The monoisotopic (exact) mass is 320 g/mol. The van der Waals surface area contributed by atoms with Crippen molar-refractivity contribution >= 4 is 22.5 Å². The lowest BCUT2D eigenvalue weighted by atomic mass is 10.1. The molecule has 1 atom stereocenters. The van der Waals surface area contributed by atoms with Crippen molar-refractivity contribution < 1.29 is 9.53 Å². The Morgan fingerprint density at radius 1 is 1.32 bits per heavy atom. The lowest BCUT2D eigenvalue weighted by Crippen LogP contribution is -2.30. The van der Waals surface area contributed by atoms with E-state index in [4.69, 9.17) is 4.74 Å². The highest BCUT2D eigenvalue weighted by Crippen LogP contribution is 2.15. The number of benzene rings is 1. The lowest BCUT2D eigenvalue weighted by Gasteiger charge is -2.13. The van der Waals surface area contributed by atoms with Crippen LogP contribution < -0.4 is 10.6 Å². The molecule has 0 spiro atoms. The number of urea groups is 1. The van der Waals surface area contributed by atoms with E-state index in [9.17, 15) is 4.79 Å². The number of hydrogen-bond donors (Lipinski definition) is 2. The molecule has 22 heavy (non-hydrogen) atoms. The van der Waals surface area contributed by atoms with E-state index in [0.717, 1.165) is 17.0 Å². The van der Waals surface area contributed by atoms with Crippen LogP contribution in [-0.4, -0.2) is 29.4 Å². The molecule has 0 aliphatic carbocycles. The summed E-state index contributed by atoms with van der Waals surface area (Å²) < 4.78 is 5.74. The molecule has 7 heteroatoms. The summed E-state index contributed by atoms with van der Waals surface area (Å²) in [4.78, 5) is 11.6. The average Bonchev–Trinajstić information content (AvgIpc) is 2.92. The molecule has 1 aromatic heterocycles. The summed E-state index contributed by atoms with van der Waals surface area (Å²) in [5.74, 6) is 0. The Hall–Kier alpha value is -1.99. The van der Waals surface area contributed by atoms with E-state index >= 15 is 0 Å². The first-order valence-corrected chi connectivity index (χ1v) is 7.98. The van der Waals surface area contributed by atoms with Crippen molar-refractivity contribution in [3.63, 3.8) is 0 Å². The number of nitrogens with zero attached hydrogens (tertiary/aromatic N) is 2. The SMILES string of the molecule is Cc1nnc(NC(=O)NCCCOC(C)c2ccccc2)s1. The fraction of sp³-hybridized carbons (Fsp3) is 0.400. The summed E-state index contributed by atoms with van der Waals surface area (Å²) in [6.45, 7) is 5.00. The Balaban J connectivity index is 1.58. The zero-order valence-corrected chi connectivity index (χ0v) is 13.5. The normalized spacial score (nSPS) is 11.9. The fourth-order valence-electron chi connectivity index (χ4n) is 1.84. The third-order valence-corrected chi connectivity index (χ3v) is 3.74. The highest BCUT2D eigenvalue weighted by Gasteiger charge is 2.06. The minimum absolute atomic E-state index is 0.0550. The molecule has 1 unspecified atom stereocenters. The summed E-state index contributed by atoms with van der Waals surface area (Å²) in [6.07, 6.45) is 0.805. The van der Waals surface area contributed by atoms with Crippen LogP contribution in [0.3, 0.4) is 0 Å².